The Morgan fingerprint density at radius 2 is 2.10 bits per heavy atom. The summed E-state index contributed by atoms with van der Waals surface area (Å²) in [6, 6.07) is 7.46. The van der Waals surface area contributed by atoms with Crippen molar-refractivity contribution in [2.24, 2.45) is 0 Å². The first-order chi connectivity index (χ1) is 10.0. The molecule has 5 heteroatoms. The fraction of sp³-hybridized carbons (Fsp3) is 0.312. The monoisotopic (exact) mass is 289 g/mol. The van der Waals surface area contributed by atoms with Crippen molar-refractivity contribution in [2.45, 2.75) is 25.5 Å². The van der Waals surface area contributed by atoms with Crippen molar-refractivity contribution < 1.29 is 18.7 Å². The van der Waals surface area contributed by atoms with Crippen molar-refractivity contribution in [3.63, 3.8) is 0 Å². The van der Waals surface area contributed by atoms with E-state index < -0.39 is 6.10 Å². The van der Waals surface area contributed by atoms with E-state index in [4.69, 9.17) is 4.42 Å². The SMILES string of the molecule is Cc1cc(C(=O)N2CC(O)CC2c2ccc(F)cc2)co1. The van der Waals surface area contributed by atoms with Crippen molar-refractivity contribution in [1.29, 1.82) is 0 Å². The maximum absolute atomic E-state index is 13.0. The van der Waals surface area contributed by atoms with E-state index in [1.165, 1.54) is 18.4 Å². The van der Waals surface area contributed by atoms with Crippen molar-refractivity contribution >= 4 is 5.91 Å². The van der Waals surface area contributed by atoms with Crippen molar-refractivity contribution in [1.82, 2.24) is 4.90 Å². The number of hydrogen-bond donors (Lipinski definition) is 1. The second-order valence-electron chi connectivity index (χ2n) is 5.36. The summed E-state index contributed by atoms with van der Waals surface area (Å²) in [4.78, 5) is 14.2. The van der Waals surface area contributed by atoms with Gasteiger partial charge in [-0.2, -0.15) is 0 Å². The van der Waals surface area contributed by atoms with Gasteiger partial charge in [0.25, 0.3) is 5.91 Å². The number of nitrogens with zero attached hydrogens (tertiary/aromatic N) is 1. The Hall–Kier alpha value is -2.14. The Kier molecular flexibility index (Phi) is 3.51. The number of aliphatic hydroxyl groups excluding tert-OH is 1. The second kappa shape index (κ2) is 5.33. The van der Waals surface area contributed by atoms with Gasteiger partial charge in [0.15, 0.2) is 0 Å². The van der Waals surface area contributed by atoms with Gasteiger partial charge < -0.3 is 14.4 Å². The van der Waals surface area contributed by atoms with Gasteiger partial charge in [0.2, 0.25) is 0 Å². The Labute approximate surface area is 121 Å². The minimum absolute atomic E-state index is 0.183. The summed E-state index contributed by atoms with van der Waals surface area (Å²) in [5, 5.41) is 9.90. The summed E-state index contributed by atoms with van der Waals surface area (Å²) in [6.07, 6.45) is 1.30. The van der Waals surface area contributed by atoms with E-state index in [2.05, 4.69) is 0 Å². The van der Waals surface area contributed by atoms with Crippen LogP contribution in [0.4, 0.5) is 4.39 Å². The van der Waals surface area contributed by atoms with Crippen LogP contribution in [0.25, 0.3) is 0 Å². The molecule has 1 aromatic carbocycles. The summed E-state index contributed by atoms with van der Waals surface area (Å²) in [6.45, 7) is 2.04. The van der Waals surface area contributed by atoms with E-state index in [-0.39, 0.29) is 24.3 Å². The molecular formula is C16H16FNO3. The standard InChI is InChI=1S/C16H16FNO3/c1-10-6-12(9-21-10)16(20)18-8-14(19)7-15(18)11-2-4-13(17)5-3-11/h2-6,9,14-15,19H,7-8H2,1H3. The first kappa shape index (κ1) is 13.8. The third-order valence-corrected chi connectivity index (χ3v) is 3.77. The number of aliphatic hydroxyl groups is 1. The predicted molar refractivity (Wildman–Crippen MR) is 74.2 cm³/mol. The normalized spacial score (nSPS) is 21.8. The molecule has 0 bridgehead atoms. The minimum atomic E-state index is -0.572. The van der Waals surface area contributed by atoms with Crippen LogP contribution in [0.2, 0.25) is 0 Å². The topological polar surface area (TPSA) is 53.7 Å². The molecule has 1 N–H and O–H groups in total. The largest absolute Gasteiger partial charge is 0.469 e. The van der Waals surface area contributed by atoms with Crippen LogP contribution in [0, 0.1) is 12.7 Å². The number of carbonyl (C=O) groups excluding carboxylic acids is 1. The van der Waals surface area contributed by atoms with Crippen LogP contribution in [0.1, 0.15) is 34.1 Å². The number of carbonyl (C=O) groups is 1. The lowest BCUT2D eigenvalue weighted by Gasteiger charge is -2.24. The number of halogens is 1. The second-order valence-corrected chi connectivity index (χ2v) is 5.36. The molecule has 0 aliphatic carbocycles. The molecule has 21 heavy (non-hydrogen) atoms. The quantitative estimate of drug-likeness (QED) is 0.924. The molecule has 0 saturated carbocycles. The summed E-state index contributed by atoms with van der Waals surface area (Å²) in [7, 11) is 0. The van der Waals surface area contributed by atoms with Crippen molar-refractivity contribution in [2.75, 3.05) is 6.54 Å². The van der Waals surface area contributed by atoms with Crippen LogP contribution in [-0.4, -0.2) is 28.6 Å². The molecule has 2 atom stereocenters. The summed E-state index contributed by atoms with van der Waals surface area (Å²) < 4.78 is 18.2. The highest BCUT2D eigenvalue weighted by molar-refractivity contribution is 5.94. The average molecular weight is 289 g/mol. The molecule has 1 fully saturated rings. The van der Waals surface area contributed by atoms with Gasteiger partial charge in [0.1, 0.15) is 17.8 Å². The average Bonchev–Trinajstić information content (AvgIpc) is 3.05. The number of amides is 1. The zero-order chi connectivity index (χ0) is 15.0. The number of benzene rings is 1. The zero-order valence-corrected chi connectivity index (χ0v) is 11.6. The van der Waals surface area contributed by atoms with Crippen LogP contribution < -0.4 is 0 Å². The van der Waals surface area contributed by atoms with Gasteiger partial charge in [-0.05, 0) is 37.1 Å². The fourth-order valence-electron chi connectivity index (χ4n) is 2.76. The summed E-state index contributed by atoms with van der Waals surface area (Å²) in [5.41, 5.74) is 1.29. The molecule has 1 saturated heterocycles. The maximum Gasteiger partial charge on any atom is 0.257 e. The third kappa shape index (κ3) is 2.69. The van der Waals surface area contributed by atoms with Crippen LogP contribution >= 0.6 is 0 Å². The molecule has 1 aromatic heterocycles. The van der Waals surface area contributed by atoms with Crippen LogP contribution in [0.3, 0.4) is 0 Å². The molecule has 2 heterocycles. The fourth-order valence-corrected chi connectivity index (χ4v) is 2.76. The van der Waals surface area contributed by atoms with Gasteiger partial charge in [-0.3, -0.25) is 4.79 Å². The number of aryl methyl sites for hydroxylation is 1. The first-order valence-corrected chi connectivity index (χ1v) is 6.84. The molecular weight excluding hydrogens is 273 g/mol. The van der Waals surface area contributed by atoms with E-state index in [0.29, 0.717) is 17.7 Å². The molecule has 2 aromatic rings. The molecule has 1 aliphatic rings. The summed E-state index contributed by atoms with van der Waals surface area (Å²) in [5.74, 6) is 0.162. The molecule has 3 rings (SSSR count). The molecule has 4 nitrogen and oxygen atoms in total. The lowest BCUT2D eigenvalue weighted by atomic mass is 10.0. The smallest absolute Gasteiger partial charge is 0.257 e. The molecule has 1 amide bonds. The molecule has 2 unspecified atom stereocenters. The molecule has 1 aliphatic heterocycles. The molecule has 0 spiro atoms. The van der Waals surface area contributed by atoms with E-state index >= 15 is 0 Å². The van der Waals surface area contributed by atoms with Gasteiger partial charge in [-0.15, -0.1) is 0 Å². The minimum Gasteiger partial charge on any atom is -0.469 e. The Morgan fingerprint density at radius 3 is 2.71 bits per heavy atom. The van der Waals surface area contributed by atoms with Gasteiger partial charge in [-0.1, -0.05) is 12.1 Å². The Balaban J connectivity index is 1.88. The van der Waals surface area contributed by atoms with Gasteiger partial charge in [-0.25, -0.2) is 4.39 Å². The number of rotatable bonds is 2. The van der Waals surface area contributed by atoms with E-state index in [9.17, 15) is 14.3 Å². The predicted octanol–water partition coefficient (Wildman–Crippen LogP) is 2.68. The highest BCUT2D eigenvalue weighted by atomic mass is 19.1. The molecule has 110 valence electrons. The van der Waals surface area contributed by atoms with Crippen molar-refractivity contribution in [3.8, 4) is 0 Å². The number of β-amino-alcohol motifs (C(OH)–C–C–N with tert-alkyl or cyclic N) is 1. The van der Waals surface area contributed by atoms with Crippen LogP contribution in [0.15, 0.2) is 41.0 Å². The zero-order valence-electron chi connectivity index (χ0n) is 11.6. The number of furan rings is 1. The van der Waals surface area contributed by atoms with E-state index in [1.54, 1.807) is 30.0 Å². The van der Waals surface area contributed by atoms with Crippen LogP contribution in [-0.2, 0) is 0 Å². The van der Waals surface area contributed by atoms with E-state index in [0.717, 1.165) is 5.56 Å². The van der Waals surface area contributed by atoms with Gasteiger partial charge in [0, 0.05) is 6.54 Å². The molecule has 0 radical (unpaired) electrons. The Bertz CT molecular complexity index is 650. The van der Waals surface area contributed by atoms with Crippen molar-refractivity contribution in [3.05, 3.63) is 59.3 Å². The summed E-state index contributed by atoms with van der Waals surface area (Å²) >= 11 is 0. The lowest BCUT2D eigenvalue weighted by molar-refractivity contribution is 0.0715. The van der Waals surface area contributed by atoms with E-state index in [1.807, 2.05) is 0 Å². The Morgan fingerprint density at radius 1 is 1.38 bits per heavy atom. The third-order valence-electron chi connectivity index (χ3n) is 3.77. The maximum atomic E-state index is 13.0. The number of likely N-dealkylation sites (tertiary alicyclic amines) is 1. The van der Waals surface area contributed by atoms with Gasteiger partial charge >= 0.3 is 0 Å². The highest BCUT2D eigenvalue weighted by Crippen LogP contribution is 2.33. The first-order valence-electron chi connectivity index (χ1n) is 6.84. The highest BCUT2D eigenvalue weighted by Gasteiger charge is 2.36. The number of hydrogen-bond acceptors (Lipinski definition) is 3. The lowest BCUT2D eigenvalue weighted by Crippen LogP contribution is -2.31. The van der Waals surface area contributed by atoms with Crippen LogP contribution in [0.5, 0.6) is 0 Å². The van der Waals surface area contributed by atoms with Gasteiger partial charge in [0.05, 0.1) is 17.7 Å².